The molecule has 26 heavy (non-hydrogen) atoms. The molecule has 0 spiro atoms. The minimum absolute atomic E-state index is 0.296. The lowest BCUT2D eigenvalue weighted by Crippen LogP contribution is -2.29. The quantitative estimate of drug-likeness (QED) is 0.652. The largest absolute Gasteiger partial charge is 0.497 e. The summed E-state index contributed by atoms with van der Waals surface area (Å²) in [5, 5.41) is 8.33. The number of esters is 1. The summed E-state index contributed by atoms with van der Waals surface area (Å²) in [4.78, 5) is 15.5. The first-order chi connectivity index (χ1) is 12.7. The Morgan fingerprint density at radius 2 is 2.04 bits per heavy atom. The van der Waals surface area contributed by atoms with Crippen LogP contribution < -0.4 is 9.64 Å². The molecule has 3 aromatic rings. The van der Waals surface area contributed by atoms with Gasteiger partial charge in [-0.15, -0.1) is 16.4 Å². The van der Waals surface area contributed by atoms with E-state index in [0.29, 0.717) is 23.3 Å². The zero-order valence-corrected chi connectivity index (χ0v) is 15.2. The summed E-state index contributed by atoms with van der Waals surface area (Å²) in [6.07, 6.45) is 0.822. The second-order valence-electron chi connectivity index (χ2n) is 5.84. The molecule has 8 heteroatoms. The maximum absolute atomic E-state index is 11.7. The molecular formula is C18H17N3O4S. The number of aromatic nitrogens is 2. The number of hydrogen-bond acceptors (Lipinski definition) is 8. The van der Waals surface area contributed by atoms with Gasteiger partial charge in [-0.3, -0.25) is 0 Å². The first kappa shape index (κ1) is 16.6. The molecule has 7 nitrogen and oxygen atoms in total. The van der Waals surface area contributed by atoms with Gasteiger partial charge in [0, 0.05) is 17.0 Å². The molecule has 0 radical (unpaired) electrons. The van der Waals surface area contributed by atoms with Crippen molar-refractivity contribution in [3.8, 4) is 17.2 Å². The molecule has 0 aliphatic carbocycles. The molecule has 0 bridgehead atoms. The van der Waals surface area contributed by atoms with E-state index >= 15 is 0 Å². The number of thiophene rings is 1. The number of rotatable bonds is 4. The number of anilines is 1. The molecule has 0 fully saturated rings. The van der Waals surface area contributed by atoms with Crippen LogP contribution in [0.5, 0.6) is 5.75 Å². The molecule has 0 unspecified atom stereocenters. The number of nitrogens with zero attached hydrogens (tertiary/aromatic N) is 3. The molecule has 0 amide bonds. The summed E-state index contributed by atoms with van der Waals surface area (Å²) in [5.41, 5.74) is 2.02. The van der Waals surface area contributed by atoms with Crippen LogP contribution in [-0.4, -0.2) is 36.9 Å². The van der Waals surface area contributed by atoms with Crippen LogP contribution in [0.3, 0.4) is 0 Å². The number of methoxy groups -OCH3 is 2. The van der Waals surface area contributed by atoms with E-state index in [1.807, 2.05) is 35.2 Å². The lowest BCUT2D eigenvalue weighted by atomic mass is 10.1. The Bertz CT molecular complexity index is 932. The number of carbonyl (C=O) groups excluding carboxylic acids is 1. The van der Waals surface area contributed by atoms with Crippen molar-refractivity contribution in [2.45, 2.75) is 13.0 Å². The first-order valence-corrected chi connectivity index (χ1v) is 8.92. The lowest BCUT2D eigenvalue weighted by molar-refractivity contribution is 0.0606. The minimum atomic E-state index is -0.296. The van der Waals surface area contributed by atoms with Crippen LogP contribution in [-0.2, 0) is 17.7 Å². The normalized spacial score (nSPS) is 13.4. The Labute approximate surface area is 154 Å². The molecule has 4 rings (SSSR count). The van der Waals surface area contributed by atoms with Gasteiger partial charge in [0.05, 0.1) is 20.8 Å². The van der Waals surface area contributed by atoms with E-state index in [1.165, 1.54) is 24.0 Å². The number of carbonyl (C=O) groups is 1. The standard InChI is InChI=1S/C18H17N3O4S/c1-23-13-5-3-11(4-6-13)16-19-20-18(25-16)21-8-7-12-9-14(17(22)24-2)26-15(12)10-21/h3-6,9H,7-8,10H2,1-2H3. The predicted octanol–water partition coefficient (Wildman–Crippen LogP) is 3.16. The van der Waals surface area contributed by atoms with E-state index in [2.05, 4.69) is 10.2 Å². The maximum Gasteiger partial charge on any atom is 0.348 e. The Kier molecular flexibility index (Phi) is 4.34. The molecule has 2 aromatic heterocycles. The summed E-state index contributed by atoms with van der Waals surface area (Å²) < 4.78 is 15.8. The van der Waals surface area contributed by atoms with Gasteiger partial charge in [0.15, 0.2) is 0 Å². The minimum Gasteiger partial charge on any atom is -0.497 e. The van der Waals surface area contributed by atoms with Crippen molar-refractivity contribution >= 4 is 23.3 Å². The predicted molar refractivity (Wildman–Crippen MR) is 96.7 cm³/mol. The van der Waals surface area contributed by atoms with Gasteiger partial charge in [-0.1, -0.05) is 5.10 Å². The molecule has 1 aliphatic heterocycles. The van der Waals surface area contributed by atoms with Gasteiger partial charge in [-0.2, -0.15) is 0 Å². The Morgan fingerprint density at radius 3 is 2.77 bits per heavy atom. The van der Waals surface area contributed by atoms with Crippen LogP contribution >= 0.6 is 11.3 Å². The number of hydrogen-bond donors (Lipinski definition) is 0. The molecule has 0 N–H and O–H groups in total. The molecule has 1 aromatic carbocycles. The second kappa shape index (κ2) is 6.80. The SMILES string of the molecule is COC(=O)c1cc2c(s1)CN(c1nnc(-c3ccc(OC)cc3)o1)CC2. The smallest absolute Gasteiger partial charge is 0.348 e. The van der Waals surface area contributed by atoms with Crippen LogP contribution in [0.2, 0.25) is 0 Å². The fourth-order valence-electron chi connectivity index (χ4n) is 2.88. The van der Waals surface area contributed by atoms with E-state index in [0.717, 1.165) is 29.2 Å². The van der Waals surface area contributed by atoms with Crippen molar-refractivity contribution in [1.82, 2.24) is 10.2 Å². The Hall–Kier alpha value is -2.87. The van der Waals surface area contributed by atoms with Gasteiger partial charge in [0.25, 0.3) is 0 Å². The highest BCUT2D eigenvalue weighted by atomic mass is 32.1. The summed E-state index contributed by atoms with van der Waals surface area (Å²) in [5.74, 6) is 0.946. The fourth-order valence-corrected chi connectivity index (χ4v) is 4.02. The highest BCUT2D eigenvalue weighted by Crippen LogP contribution is 2.32. The topological polar surface area (TPSA) is 77.7 Å². The lowest BCUT2D eigenvalue weighted by Gasteiger charge is -2.24. The van der Waals surface area contributed by atoms with Crippen LogP contribution in [0.25, 0.3) is 11.5 Å². The van der Waals surface area contributed by atoms with Gasteiger partial charge >= 0.3 is 12.0 Å². The Morgan fingerprint density at radius 1 is 1.23 bits per heavy atom. The molecule has 0 saturated heterocycles. The van der Waals surface area contributed by atoms with Crippen LogP contribution in [0.4, 0.5) is 6.01 Å². The van der Waals surface area contributed by atoms with E-state index < -0.39 is 0 Å². The van der Waals surface area contributed by atoms with Crippen molar-refractivity contribution in [3.63, 3.8) is 0 Å². The van der Waals surface area contributed by atoms with Gasteiger partial charge in [0.1, 0.15) is 10.6 Å². The van der Waals surface area contributed by atoms with Crippen LogP contribution in [0.1, 0.15) is 20.1 Å². The van der Waals surface area contributed by atoms with Crippen molar-refractivity contribution < 1.29 is 18.7 Å². The van der Waals surface area contributed by atoms with Crippen molar-refractivity contribution in [2.24, 2.45) is 0 Å². The van der Waals surface area contributed by atoms with Crippen molar-refractivity contribution in [2.75, 3.05) is 25.7 Å². The average Bonchev–Trinajstić information content (AvgIpc) is 3.34. The van der Waals surface area contributed by atoms with Crippen LogP contribution in [0.15, 0.2) is 34.7 Å². The number of benzene rings is 1. The fraction of sp³-hybridized carbons (Fsp3) is 0.278. The third kappa shape index (κ3) is 3.03. The third-order valence-electron chi connectivity index (χ3n) is 4.29. The van der Waals surface area contributed by atoms with Crippen molar-refractivity contribution in [1.29, 1.82) is 0 Å². The molecule has 3 heterocycles. The highest BCUT2D eigenvalue weighted by Gasteiger charge is 2.25. The average molecular weight is 371 g/mol. The molecule has 0 saturated carbocycles. The van der Waals surface area contributed by atoms with E-state index in [-0.39, 0.29) is 5.97 Å². The maximum atomic E-state index is 11.7. The monoisotopic (exact) mass is 371 g/mol. The van der Waals surface area contributed by atoms with Gasteiger partial charge < -0.3 is 18.8 Å². The van der Waals surface area contributed by atoms with E-state index in [1.54, 1.807) is 7.11 Å². The number of ether oxygens (including phenoxy) is 2. The summed E-state index contributed by atoms with van der Waals surface area (Å²) >= 11 is 1.45. The zero-order chi connectivity index (χ0) is 18.1. The summed E-state index contributed by atoms with van der Waals surface area (Å²) in [6, 6.07) is 9.87. The second-order valence-corrected chi connectivity index (χ2v) is 6.98. The van der Waals surface area contributed by atoms with Gasteiger partial charge in [-0.25, -0.2) is 4.79 Å². The molecular weight excluding hydrogens is 354 g/mol. The zero-order valence-electron chi connectivity index (χ0n) is 14.4. The third-order valence-corrected chi connectivity index (χ3v) is 5.43. The molecule has 134 valence electrons. The highest BCUT2D eigenvalue weighted by molar-refractivity contribution is 7.14. The van der Waals surface area contributed by atoms with Gasteiger partial charge in [0.2, 0.25) is 5.89 Å². The molecule has 1 aliphatic rings. The van der Waals surface area contributed by atoms with Crippen molar-refractivity contribution in [3.05, 3.63) is 45.6 Å². The summed E-state index contributed by atoms with van der Waals surface area (Å²) in [7, 11) is 3.02. The Balaban J connectivity index is 1.53. The van der Waals surface area contributed by atoms with Crippen LogP contribution in [0, 0.1) is 0 Å². The van der Waals surface area contributed by atoms with E-state index in [9.17, 15) is 4.79 Å². The van der Waals surface area contributed by atoms with Gasteiger partial charge in [-0.05, 0) is 42.3 Å². The van der Waals surface area contributed by atoms with E-state index in [4.69, 9.17) is 13.9 Å². The summed E-state index contributed by atoms with van der Waals surface area (Å²) in [6.45, 7) is 1.40. The number of fused-ring (bicyclic) bond motifs is 1. The molecule has 0 atom stereocenters. The first-order valence-electron chi connectivity index (χ1n) is 8.10.